The Morgan fingerprint density at radius 2 is 2.36 bits per heavy atom. The van der Waals surface area contributed by atoms with Gasteiger partial charge < -0.3 is 9.94 Å². The van der Waals surface area contributed by atoms with Gasteiger partial charge in [0.2, 0.25) is 0 Å². The summed E-state index contributed by atoms with van der Waals surface area (Å²) in [4.78, 5) is 15.1. The van der Waals surface area contributed by atoms with E-state index in [0.29, 0.717) is 12.0 Å². The van der Waals surface area contributed by atoms with E-state index >= 15 is 0 Å². The number of hydrogen-bond donors (Lipinski definition) is 2. The quantitative estimate of drug-likeness (QED) is 0.353. The van der Waals surface area contributed by atoms with Crippen molar-refractivity contribution < 1.29 is 14.7 Å². The standard InChI is InChI=1S/C7H13NO3/c1-4-6(9)8-11-7(10)5(2)3/h6,8-9H,2,4H2,1,3H3. The smallest absolute Gasteiger partial charge is 0.351 e. The maximum Gasteiger partial charge on any atom is 0.351 e. The summed E-state index contributed by atoms with van der Waals surface area (Å²) in [6, 6.07) is 0. The maximum absolute atomic E-state index is 10.7. The number of carbonyl (C=O) groups is 1. The van der Waals surface area contributed by atoms with Gasteiger partial charge in [0.1, 0.15) is 6.23 Å². The molecule has 11 heavy (non-hydrogen) atoms. The van der Waals surface area contributed by atoms with E-state index in [1.807, 2.05) is 0 Å². The molecule has 0 aliphatic heterocycles. The fourth-order valence-electron chi connectivity index (χ4n) is 0.292. The molecule has 0 amide bonds. The van der Waals surface area contributed by atoms with Gasteiger partial charge in [0.15, 0.2) is 0 Å². The van der Waals surface area contributed by atoms with Crippen LogP contribution in [0.15, 0.2) is 12.2 Å². The number of hydrogen-bond acceptors (Lipinski definition) is 4. The zero-order valence-electron chi connectivity index (χ0n) is 6.76. The third-order valence-corrected chi connectivity index (χ3v) is 1.02. The number of hydroxylamine groups is 1. The summed E-state index contributed by atoms with van der Waals surface area (Å²) in [5.74, 6) is -0.558. The first-order valence-electron chi connectivity index (χ1n) is 3.38. The molecule has 0 saturated carbocycles. The first-order chi connectivity index (χ1) is 5.07. The summed E-state index contributed by atoms with van der Waals surface area (Å²) in [7, 11) is 0. The van der Waals surface area contributed by atoms with Gasteiger partial charge in [-0.05, 0) is 13.3 Å². The predicted octanol–water partition coefficient (Wildman–Crippen LogP) is 0.339. The van der Waals surface area contributed by atoms with E-state index in [2.05, 4.69) is 16.9 Å². The molecule has 0 heterocycles. The van der Waals surface area contributed by atoms with Crippen LogP contribution in [0.25, 0.3) is 0 Å². The fourth-order valence-corrected chi connectivity index (χ4v) is 0.292. The van der Waals surface area contributed by atoms with Crippen molar-refractivity contribution in [1.82, 2.24) is 5.48 Å². The first kappa shape index (κ1) is 10.1. The highest BCUT2D eigenvalue weighted by molar-refractivity contribution is 5.86. The van der Waals surface area contributed by atoms with Gasteiger partial charge >= 0.3 is 5.97 Å². The topological polar surface area (TPSA) is 58.6 Å². The van der Waals surface area contributed by atoms with E-state index in [0.717, 1.165) is 0 Å². The van der Waals surface area contributed by atoms with E-state index in [1.165, 1.54) is 6.92 Å². The molecule has 64 valence electrons. The molecule has 4 nitrogen and oxygen atoms in total. The average molecular weight is 159 g/mol. The monoisotopic (exact) mass is 159 g/mol. The number of aliphatic hydroxyl groups is 1. The van der Waals surface area contributed by atoms with Crippen molar-refractivity contribution in [3.05, 3.63) is 12.2 Å². The van der Waals surface area contributed by atoms with Crippen molar-refractivity contribution in [2.75, 3.05) is 0 Å². The van der Waals surface area contributed by atoms with Gasteiger partial charge in [-0.3, -0.25) is 0 Å². The van der Waals surface area contributed by atoms with Crippen molar-refractivity contribution in [3.8, 4) is 0 Å². The second kappa shape index (κ2) is 4.87. The van der Waals surface area contributed by atoms with Crippen LogP contribution in [0.4, 0.5) is 0 Å². The van der Waals surface area contributed by atoms with Crippen LogP contribution < -0.4 is 5.48 Å². The van der Waals surface area contributed by atoms with Crippen LogP contribution in [0, 0.1) is 0 Å². The largest absolute Gasteiger partial charge is 0.376 e. The Hall–Kier alpha value is -0.870. The van der Waals surface area contributed by atoms with Gasteiger partial charge in [0.05, 0.1) is 0 Å². The zero-order valence-corrected chi connectivity index (χ0v) is 6.76. The number of carbonyl (C=O) groups excluding carboxylic acids is 1. The third-order valence-electron chi connectivity index (χ3n) is 1.02. The van der Waals surface area contributed by atoms with Crippen molar-refractivity contribution in [1.29, 1.82) is 0 Å². The molecule has 0 fully saturated rings. The lowest BCUT2D eigenvalue weighted by atomic mass is 10.4. The SMILES string of the molecule is C=C(C)C(=O)ONC(O)CC. The van der Waals surface area contributed by atoms with Crippen LogP contribution in [0.2, 0.25) is 0 Å². The van der Waals surface area contributed by atoms with Gasteiger partial charge in [-0.25, -0.2) is 4.79 Å². The van der Waals surface area contributed by atoms with E-state index < -0.39 is 12.2 Å². The number of aliphatic hydroxyl groups excluding tert-OH is 1. The fraction of sp³-hybridized carbons (Fsp3) is 0.571. The Bertz CT molecular complexity index is 156. The van der Waals surface area contributed by atoms with Gasteiger partial charge in [0, 0.05) is 5.57 Å². The first-order valence-corrected chi connectivity index (χ1v) is 3.38. The van der Waals surface area contributed by atoms with Crippen LogP contribution in [-0.4, -0.2) is 17.3 Å². The molecule has 0 rings (SSSR count). The van der Waals surface area contributed by atoms with Gasteiger partial charge in [-0.2, -0.15) is 0 Å². The Balaban J connectivity index is 3.54. The Morgan fingerprint density at radius 1 is 1.82 bits per heavy atom. The van der Waals surface area contributed by atoms with Gasteiger partial charge in [-0.15, -0.1) is 5.48 Å². The predicted molar refractivity (Wildman–Crippen MR) is 40.3 cm³/mol. The third kappa shape index (κ3) is 4.52. The summed E-state index contributed by atoms with van der Waals surface area (Å²) >= 11 is 0. The molecule has 0 aliphatic carbocycles. The van der Waals surface area contributed by atoms with Crippen molar-refractivity contribution in [2.45, 2.75) is 26.5 Å². The molecule has 1 unspecified atom stereocenters. The zero-order chi connectivity index (χ0) is 8.85. The number of nitrogens with one attached hydrogen (secondary N) is 1. The summed E-state index contributed by atoms with van der Waals surface area (Å²) in [5, 5.41) is 8.87. The van der Waals surface area contributed by atoms with Gasteiger partial charge in [-0.1, -0.05) is 13.5 Å². The maximum atomic E-state index is 10.7. The minimum Gasteiger partial charge on any atom is -0.376 e. The highest BCUT2D eigenvalue weighted by atomic mass is 16.7. The summed E-state index contributed by atoms with van der Waals surface area (Å²) in [6.45, 7) is 6.65. The van der Waals surface area contributed by atoms with Gasteiger partial charge in [0.25, 0.3) is 0 Å². The van der Waals surface area contributed by atoms with E-state index in [9.17, 15) is 4.79 Å². The molecule has 2 N–H and O–H groups in total. The second-order valence-electron chi connectivity index (χ2n) is 2.21. The molecule has 0 aromatic carbocycles. The molecular weight excluding hydrogens is 146 g/mol. The molecule has 0 aromatic rings. The average Bonchev–Trinajstić information content (AvgIpc) is 1.99. The van der Waals surface area contributed by atoms with Crippen LogP contribution in [0.3, 0.4) is 0 Å². The molecule has 0 spiro atoms. The van der Waals surface area contributed by atoms with E-state index in [-0.39, 0.29) is 0 Å². The summed E-state index contributed by atoms with van der Waals surface area (Å²) in [5.41, 5.74) is 2.45. The molecule has 0 radical (unpaired) electrons. The highest BCUT2D eigenvalue weighted by Gasteiger charge is 2.05. The van der Waals surface area contributed by atoms with E-state index in [4.69, 9.17) is 5.11 Å². The minimum atomic E-state index is -0.807. The lowest BCUT2D eigenvalue weighted by Crippen LogP contribution is -2.30. The normalized spacial score (nSPS) is 12.3. The van der Waals surface area contributed by atoms with Crippen LogP contribution in [0.5, 0.6) is 0 Å². The van der Waals surface area contributed by atoms with Crippen molar-refractivity contribution >= 4 is 5.97 Å². The molecule has 0 aromatic heterocycles. The van der Waals surface area contributed by atoms with Crippen molar-refractivity contribution in [2.24, 2.45) is 0 Å². The Kier molecular flexibility index (Phi) is 4.49. The lowest BCUT2D eigenvalue weighted by Gasteiger charge is -2.09. The second-order valence-corrected chi connectivity index (χ2v) is 2.21. The number of rotatable bonds is 4. The van der Waals surface area contributed by atoms with Crippen LogP contribution >= 0.6 is 0 Å². The van der Waals surface area contributed by atoms with E-state index in [1.54, 1.807) is 6.92 Å². The molecule has 1 atom stereocenters. The lowest BCUT2D eigenvalue weighted by molar-refractivity contribution is -0.154. The molecule has 0 bridgehead atoms. The molecular formula is C7H13NO3. The highest BCUT2D eigenvalue weighted by Crippen LogP contribution is 1.91. The minimum absolute atomic E-state index is 0.292. The van der Waals surface area contributed by atoms with Crippen LogP contribution in [-0.2, 0) is 9.63 Å². The molecule has 0 aliphatic rings. The Labute approximate surface area is 65.8 Å². The van der Waals surface area contributed by atoms with Crippen molar-refractivity contribution in [3.63, 3.8) is 0 Å². The Morgan fingerprint density at radius 3 is 2.73 bits per heavy atom. The molecule has 4 heteroatoms. The summed E-state index contributed by atoms with van der Waals surface area (Å²) < 4.78 is 0. The van der Waals surface area contributed by atoms with Crippen LogP contribution in [0.1, 0.15) is 20.3 Å². The summed E-state index contributed by atoms with van der Waals surface area (Å²) in [6.07, 6.45) is -0.331. The molecule has 0 saturated heterocycles.